The highest BCUT2D eigenvalue weighted by molar-refractivity contribution is 6.31. The van der Waals surface area contributed by atoms with E-state index >= 15 is 0 Å². The molecule has 0 spiro atoms. The predicted octanol–water partition coefficient (Wildman–Crippen LogP) is 2.39. The second-order valence-corrected chi connectivity index (χ2v) is 5.38. The van der Waals surface area contributed by atoms with Crippen LogP contribution in [0.5, 0.6) is 0 Å². The Morgan fingerprint density at radius 1 is 1.48 bits per heavy atom. The maximum absolute atomic E-state index is 10.7. The third-order valence-electron chi connectivity index (χ3n) is 2.86. The number of halogens is 1. The number of hydrogen-bond donors (Lipinski definition) is 1. The summed E-state index contributed by atoms with van der Waals surface area (Å²) in [5, 5.41) is 22.3. The minimum absolute atomic E-state index is 0.0239. The van der Waals surface area contributed by atoms with E-state index in [4.69, 9.17) is 11.6 Å². The highest BCUT2D eigenvalue weighted by Gasteiger charge is 2.10. The molecule has 0 bridgehead atoms. The molecule has 0 unspecified atom stereocenters. The van der Waals surface area contributed by atoms with Crippen LogP contribution in [0.3, 0.4) is 0 Å². The molecule has 0 aliphatic heterocycles. The van der Waals surface area contributed by atoms with E-state index in [2.05, 4.69) is 29.5 Å². The molecule has 7 nitrogen and oxygen atoms in total. The smallest absolute Gasteiger partial charge is 0.270 e. The molecule has 0 saturated carbocycles. The van der Waals surface area contributed by atoms with E-state index in [1.54, 1.807) is 10.7 Å². The van der Waals surface area contributed by atoms with Crippen molar-refractivity contribution in [2.45, 2.75) is 33.0 Å². The Labute approximate surface area is 127 Å². The van der Waals surface area contributed by atoms with Crippen molar-refractivity contribution >= 4 is 17.3 Å². The van der Waals surface area contributed by atoms with Gasteiger partial charge in [-0.2, -0.15) is 0 Å². The average Bonchev–Trinajstić information content (AvgIpc) is 2.86. The standard InChI is InChI=1S/C13H16ClN5O2/c1-9(2)15-6-11-8-18(17-16-11)7-10-3-4-12(19(20)21)5-13(10)14/h3-5,8-9,15H,6-7H2,1-2H3. The molecule has 8 heteroatoms. The van der Waals surface area contributed by atoms with Crippen molar-refractivity contribution in [3.63, 3.8) is 0 Å². The Balaban J connectivity index is 2.06. The van der Waals surface area contributed by atoms with Crippen LogP contribution < -0.4 is 5.32 Å². The van der Waals surface area contributed by atoms with Gasteiger partial charge in [0.2, 0.25) is 0 Å². The monoisotopic (exact) mass is 309 g/mol. The Bertz CT molecular complexity index is 641. The lowest BCUT2D eigenvalue weighted by atomic mass is 10.2. The van der Waals surface area contributed by atoms with E-state index in [0.717, 1.165) is 11.3 Å². The number of hydrogen-bond acceptors (Lipinski definition) is 5. The Morgan fingerprint density at radius 3 is 2.86 bits per heavy atom. The predicted molar refractivity (Wildman–Crippen MR) is 79.2 cm³/mol. The van der Waals surface area contributed by atoms with Gasteiger partial charge in [-0.1, -0.05) is 30.7 Å². The maximum atomic E-state index is 10.7. The van der Waals surface area contributed by atoms with Gasteiger partial charge in [-0.05, 0) is 11.6 Å². The number of nitro groups is 1. The van der Waals surface area contributed by atoms with Crippen LogP contribution in [0, 0.1) is 10.1 Å². The molecule has 0 fully saturated rings. The molecule has 0 saturated heterocycles. The van der Waals surface area contributed by atoms with Crippen LogP contribution in [0.15, 0.2) is 24.4 Å². The quantitative estimate of drug-likeness (QED) is 0.654. The summed E-state index contributed by atoms with van der Waals surface area (Å²) in [7, 11) is 0. The summed E-state index contributed by atoms with van der Waals surface area (Å²) < 4.78 is 1.66. The molecule has 0 atom stereocenters. The van der Waals surface area contributed by atoms with Gasteiger partial charge in [0, 0.05) is 24.7 Å². The van der Waals surface area contributed by atoms with Gasteiger partial charge in [-0.25, -0.2) is 4.68 Å². The lowest BCUT2D eigenvalue weighted by molar-refractivity contribution is -0.384. The van der Waals surface area contributed by atoms with E-state index in [1.165, 1.54) is 12.1 Å². The average molecular weight is 310 g/mol. The second-order valence-electron chi connectivity index (χ2n) is 4.98. The van der Waals surface area contributed by atoms with Crippen molar-refractivity contribution in [1.82, 2.24) is 20.3 Å². The molecule has 1 N–H and O–H groups in total. The summed E-state index contributed by atoms with van der Waals surface area (Å²) >= 11 is 6.05. The molecule has 1 aromatic heterocycles. The zero-order chi connectivity index (χ0) is 15.4. The van der Waals surface area contributed by atoms with Crippen molar-refractivity contribution in [2.75, 3.05) is 0 Å². The molecule has 0 radical (unpaired) electrons. The summed E-state index contributed by atoms with van der Waals surface area (Å²) in [6, 6.07) is 4.78. The first-order valence-corrected chi connectivity index (χ1v) is 6.88. The fourth-order valence-corrected chi connectivity index (χ4v) is 1.99. The Morgan fingerprint density at radius 2 is 2.24 bits per heavy atom. The first-order chi connectivity index (χ1) is 9.95. The van der Waals surface area contributed by atoms with E-state index < -0.39 is 4.92 Å². The van der Waals surface area contributed by atoms with Crippen LogP contribution in [-0.4, -0.2) is 26.0 Å². The van der Waals surface area contributed by atoms with Gasteiger partial charge in [-0.15, -0.1) is 5.10 Å². The SMILES string of the molecule is CC(C)NCc1cn(Cc2ccc([N+](=O)[O-])cc2Cl)nn1. The summed E-state index contributed by atoms with van der Waals surface area (Å²) in [5.41, 5.74) is 1.57. The highest BCUT2D eigenvalue weighted by atomic mass is 35.5. The molecule has 2 rings (SSSR count). The molecule has 0 aliphatic rings. The number of nitrogens with one attached hydrogen (secondary N) is 1. The van der Waals surface area contributed by atoms with Crippen LogP contribution in [0.25, 0.3) is 0 Å². The molecular formula is C13H16ClN5O2. The highest BCUT2D eigenvalue weighted by Crippen LogP contribution is 2.23. The number of nitrogens with zero attached hydrogens (tertiary/aromatic N) is 4. The number of rotatable bonds is 6. The topological polar surface area (TPSA) is 85.9 Å². The zero-order valence-corrected chi connectivity index (χ0v) is 12.5. The third-order valence-corrected chi connectivity index (χ3v) is 3.21. The zero-order valence-electron chi connectivity index (χ0n) is 11.8. The van der Waals surface area contributed by atoms with Crippen LogP contribution in [0.1, 0.15) is 25.1 Å². The number of non-ortho nitro benzene ring substituents is 1. The van der Waals surface area contributed by atoms with Gasteiger partial charge in [0.15, 0.2) is 0 Å². The fraction of sp³-hybridized carbons (Fsp3) is 0.385. The third kappa shape index (κ3) is 4.24. The summed E-state index contributed by atoms with van der Waals surface area (Å²) in [5.74, 6) is 0. The molecule has 112 valence electrons. The van der Waals surface area contributed by atoms with Gasteiger partial charge < -0.3 is 5.32 Å². The minimum atomic E-state index is -0.471. The molecule has 0 amide bonds. The Kier molecular flexibility index (Phi) is 4.87. The van der Waals surface area contributed by atoms with Crippen molar-refractivity contribution < 1.29 is 4.92 Å². The van der Waals surface area contributed by atoms with Crippen LogP contribution >= 0.6 is 11.6 Å². The van der Waals surface area contributed by atoms with E-state index in [-0.39, 0.29) is 5.69 Å². The normalized spacial score (nSPS) is 11.0. The number of nitro benzene ring substituents is 1. The first kappa shape index (κ1) is 15.4. The summed E-state index contributed by atoms with van der Waals surface area (Å²) in [6.45, 7) is 5.18. The van der Waals surface area contributed by atoms with Gasteiger partial charge in [-0.3, -0.25) is 10.1 Å². The molecular weight excluding hydrogens is 294 g/mol. The summed E-state index contributed by atoms with van der Waals surface area (Å²) in [4.78, 5) is 10.2. The molecule has 1 aromatic carbocycles. The minimum Gasteiger partial charge on any atom is -0.309 e. The van der Waals surface area contributed by atoms with Crippen molar-refractivity contribution in [1.29, 1.82) is 0 Å². The van der Waals surface area contributed by atoms with Crippen molar-refractivity contribution in [2.24, 2.45) is 0 Å². The Hall–Kier alpha value is -1.99. The lowest BCUT2D eigenvalue weighted by Crippen LogP contribution is -2.21. The summed E-state index contributed by atoms with van der Waals surface area (Å²) in [6.07, 6.45) is 1.83. The van der Waals surface area contributed by atoms with Gasteiger partial charge in [0.05, 0.1) is 28.4 Å². The number of aromatic nitrogens is 3. The molecule has 2 aromatic rings. The molecule has 0 aliphatic carbocycles. The fourth-order valence-electron chi connectivity index (χ4n) is 1.76. The van der Waals surface area contributed by atoms with Gasteiger partial charge in [0.25, 0.3) is 5.69 Å². The van der Waals surface area contributed by atoms with Gasteiger partial charge in [0.1, 0.15) is 0 Å². The number of benzene rings is 1. The largest absolute Gasteiger partial charge is 0.309 e. The maximum Gasteiger partial charge on any atom is 0.270 e. The molecule has 1 heterocycles. The first-order valence-electron chi connectivity index (χ1n) is 6.51. The second kappa shape index (κ2) is 6.64. The van der Waals surface area contributed by atoms with Gasteiger partial charge >= 0.3 is 0 Å². The van der Waals surface area contributed by atoms with Crippen LogP contribution in [0.2, 0.25) is 5.02 Å². The van der Waals surface area contributed by atoms with E-state index in [1.807, 2.05) is 6.20 Å². The van der Waals surface area contributed by atoms with Crippen LogP contribution in [-0.2, 0) is 13.1 Å². The van der Waals surface area contributed by atoms with E-state index in [0.29, 0.717) is 24.2 Å². The van der Waals surface area contributed by atoms with Crippen LogP contribution in [0.4, 0.5) is 5.69 Å². The van der Waals surface area contributed by atoms with E-state index in [9.17, 15) is 10.1 Å². The lowest BCUT2D eigenvalue weighted by Gasteiger charge is -2.05. The van der Waals surface area contributed by atoms with Crippen molar-refractivity contribution in [3.05, 3.63) is 50.8 Å². The van der Waals surface area contributed by atoms with Crippen molar-refractivity contribution in [3.8, 4) is 0 Å². The molecule has 21 heavy (non-hydrogen) atoms.